The van der Waals surface area contributed by atoms with Gasteiger partial charge in [-0.3, -0.25) is 4.79 Å². The Hall–Kier alpha value is -0.640. The first kappa shape index (κ1) is 10.4. The van der Waals surface area contributed by atoms with E-state index in [0.717, 1.165) is 0 Å². The Morgan fingerprint density at radius 3 is 2.64 bits per heavy atom. The molecule has 66 valence electrons. The van der Waals surface area contributed by atoms with Crippen molar-refractivity contribution in [2.24, 2.45) is 5.73 Å². The van der Waals surface area contributed by atoms with Crippen LogP contribution in [0.15, 0.2) is 0 Å². The Balaban J connectivity index is 3.82. The predicted molar refractivity (Wildman–Crippen MR) is 41.9 cm³/mol. The molecule has 0 aromatic heterocycles. The van der Waals surface area contributed by atoms with E-state index >= 15 is 0 Å². The van der Waals surface area contributed by atoms with Crippen molar-refractivity contribution in [1.82, 2.24) is 5.32 Å². The van der Waals surface area contributed by atoms with Crippen LogP contribution < -0.4 is 11.1 Å². The summed E-state index contributed by atoms with van der Waals surface area (Å²) in [5.41, 5.74) is 4.70. The molecule has 3 N–H and O–H groups in total. The zero-order valence-electron chi connectivity index (χ0n) is 6.98. The number of carbonyl (C=O) groups excluding carboxylic acids is 1. The van der Waals surface area contributed by atoms with Gasteiger partial charge < -0.3 is 11.1 Å². The highest BCUT2D eigenvalue weighted by molar-refractivity contribution is 5.85. The summed E-state index contributed by atoms with van der Waals surface area (Å²) < 4.78 is 11.6. The van der Waals surface area contributed by atoms with Crippen molar-refractivity contribution in [2.75, 3.05) is 13.2 Å². The summed E-state index contributed by atoms with van der Waals surface area (Å²) in [5, 5.41) is 2.38. The minimum atomic E-state index is -0.866. The van der Waals surface area contributed by atoms with Crippen LogP contribution in [0.4, 0.5) is 4.39 Å². The van der Waals surface area contributed by atoms with Gasteiger partial charge in [-0.05, 0) is 13.3 Å². The molecule has 1 amide bonds. The molecule has 0 fully saturated rings. The van der Waals surface area contributed by atoms with Gasteiger partial charge in [0, 0.05) is 6.54 Å². The number of nitrogens with two attached hydrogens (primary N) is 1. The van der Waals surface area contributed by atoms with Gasteiger partial charge in [0.15, 0.2) is 0 Å². The number of alkyl halides is 1. The first-order chi connectivity index (χ1) is 5.04. The molecule has 0 bridgehead atoms. The number of halogens is 1. The quantitative estimate of drug-likeness (QED) is 0.620. The molecule has 11 heavy (non-hydrogen) atoms. The Morgan fingerprint density at radius 1 is 1.73 bits per heavy atom. The third-order valence-electron chi connectivity index (χ3n) is 1.63. The normalized spacial score (nSPS) is 15.6. The fraction of sp³-hybridized carbons (Fsp3) is 0.857. The maximum Gasteiger partial charge on any atom is 0.239 e. The smallest absolute Gasteiger partial charge is 0.239 e. The molecule has 0 saturated heterocycles. The van der Waals surface area contributed by atoms with Gasteiger partial charge in [-0.1, -0.05) is 6.92 Å². The number of amides is 1. The zero-order valence-corrected chi connectivity index (χ0v) is 6.98. The molecular formula is C7H15FN2O. The van der Waals surface area contributed by atoms with E-state index in [2.05, 4.69) is 5.32 Å². The molecule has 0 radical (unpaired) electrons. The van der Waals surface area contributed by atoms with Crippen molar-refractivity contribution in [3.8, 4) is 0 Å². The van der Waals surface area contributed by atoms with E-state index in [0.29, 0.717) is 6.42 Å². The Labute approximate surface area is 66.1 Å². The number of nitrogens with one attached hydrogen (secondary N) is 1. The summed E-state index contributed by atoms with van der Waals surface area (Å²) in [6.07, 6.45) is 0.547. The summed E-state index contributed by atoms with van der Waals surface area (Å²) in [7, 11) is 0. The van der Waals surface area contributed by atoms with Crippen LogP contribution in [0.25, 0.3) is 0 Å². The summed E-state index contributed by atoms with van der Waals surface area (Å²) in [6, 6.07) is 0. The minimum Gasteiger partial charge on any atom is -0.352 e. The number of carbonyl (C=O) groups is 1. The highest BCUT2D eigenvalue weighted by Crippen LogP contribution is 2.03. The standard InChI is InChI=1S/C7H15FN2O/c1-3-7(2,9)6(11)10-5-4-8/h3-5,9H2,1-2H3,(H,10,11). The molecule has 1 unspecified atom stereocenters. The van der Waals surface area contributed by atoms with Gasteiger partial charge in [-0.15, -0.1) is 0 Å². The molecular weight excluding hydrogens is 147 g/mol. The second-order valence-electron chi connectivity index (χ2n) is 2.72. The van der Waals surface area contributed by atoms with Crippen molar-refractivity contribution < 1.29 is 9.18 Å². The highest BCUT2D eigenvalue weighted by Gasteiger charge is 2.24. The average Bonchev–Trinajstić information content (AvgIpc) is 2.00. The molecule has 0 rings (SSSR count). The molecule has 0 aromatic carbocycles. The number of rotatable bonds is 4. The molecule has 1 atom stereocenters. The summed E-state index contributed by atoms with van der Waals surface area (Å²) in [6.45, 7) is 2.94. The van der Waals surface area contributed by atoms with Gasteiger partial charge in [0.25, 0.3) is 0 Å². The van der Waals surface area contributed by atoms with E-state index in [-0.39, 0.29) is 12.5 Å². The van der Waals surface area contributed by atoms with Crippen LogP contribution in [-0.4, -0.2) is 24.7 Å². The van der Waals surface area contributed by atoms with Gasteiger partial charge in [0.05, 0.1) is 5.54 Å². The van der Waals surface area contributed by atoms with Gasteiger partial charge >= 0.3 is 0 Å². The lowest BCUT2D eigenvalue weighted by atomic mass is 10.00. The third-order valence-corrected chi connectivity index (χ3v) is 1.63. The van der Waals surface area contributed by atoms with E-state index in [1.165, 1.54) is 0 Å². The van der Waals surface area contributed by atoms with Gasteiger partial charge in [0.1, 0.15) is 6.67 Å². The van der Waals surface area contributed by atoms with Crippen LogP contribution >= 0.6 is 0 Å². The first-order valence-corrected chi connectivity index (χ1v) is 3.67. The third kappa shape index (κ3) is 3.32. The van der Waals surface area contributed by atoms with Crippen LogP contribution in [0.5, 0.6) is 0 Å². The van der Waals surface area contributed by atoms with Gasteiger partial charge in [-0.25, -0.2) is 4.39 Å². The second-order valence-corrected chi connectivity index (χ2v) is 2.72. The van der Waals surface area contributed by atoms with E-state index in [1.807, 2.05) is 6.92 Å². The molecule has 3 nitrogen and oxygen atoms in total. The fourth-order valence-electron chi connectivity index (χ4n) is 0.523. The van der Waals surface area contributed by atoms with Crippen molar-refractivity contribution in [1.29, 1.82) is 0 Å². The molecule has 0 aromatic rings. The second kappa shape index (κ2) is 4.28. The lowest BCUT2D eigenvalue weighted by molar-refractivity contribution is -0.125. The Bertz CT molecular complexity index is 136. The molecule has 0 aliphatic rings. The van der Waals surface area contributed by atoms with Crippen molar-refractivity contribution in [3.63, 3.8) is 0 Å². The van der Waals surface area contributed by atoms with E-state index in [9.17, 15) is 9.18 Å². The van der Waals surface area contributed by atoms with Crippen molar-refractivity contribution >= 4 is 5.91 Å². The van der Waals surface area contributed by atoms with E-state index in [1.54, 1.807) is 6.92 Å². The van der Waals surface area contributed by atoms with Crippen molar-refractivity contribution in [3.05, 3.63) is 0 Å². The SMILES string of the molecule is CCC(C)(N)C(=O)NCCF. The molecule has 0 aliphatic carbocycles. The highest BCUT2D eigenvalue weighted by atomic mass is 19.1. The fourth-order valence-corrected chi connectivity index (χ4v) is 0.523. The maximum atomic E-state index is 11.6. The molecule has 4 heteroatoms. The van der Waals surface area contributed by atoms with Crippen LogP contribution in [0, 0.1) is 0 Å². The predicted octanol–water partition coefficient (Wildman–Crippen LogP) is 0.200. The lowest BCUT2D eigenvalue weighted by Gasteiger charge is -2.20. The maximum absolute atomic E-state index is 11.6. The lowest BCUT2D eigenvalue weighted by Crippen LogP contribution is -2.51. The van der Waals surface area contributed by atoms with E-state index < -0.39 is 12.2 Å². The average molecular weight is 162 g/mol. The molecule has 0 heterocycles. The van der Waals surface area contributed by atoms with Crippen molar-refractivity contribution in [2.45, 2.75) is 25.8 Å². The Kier molecular flexibility index (Phi) is 4.03. The monoisotopic (exact) mass is 162 g/mol. The molecule has 0 saturated carbocycles. The summed E-state index contributed by atoms with van der Waals surface area (Å²) in [4.78, 5) is 11.1. The topological polar surface area (TPSA) is 55.1 Å². The zero-order chi connectivity index (χ0) is 8.91. The van der Waals surface area contributed by atoms with E-state index in [4.69, 9.17) is 5.73 Å². The molecule has 0 spiro atoms. The van der Waals surface area contributed by atoms with Crippen LogP contribution in [0.1, 0.15) is 20.3 Å². The number of hydrogen-bond donors (Lipinski definition) is 2. The summed E-state index contributed by atoms with van der Waals surface area (Å²) in [5.74, 6) is -0.294. The summed E-state index contributed by atoms with van der Waals surface area (Å²) >= 11 is 0. The first-order valence-electron chi connectivity index (χ1n) is 3.67. The molecule has 0 aliphatic heterocycles. The minimum absolute atomic E-state index is 0.0472. The largest absolute Gasteiger partial charge is 0.352 e. The number of hydrogen-bond acceptors (Lipinski definition) is 2. The Morgan fingerprint density at radius 2 is 2.27 bits per heavy atom. The van der Waals surface area contributed by atoms with Gasteiger partial charge in [0.2, 0.25) is 5.91 Å². The van der Waals surface area contributed by atoms with Crippen LogP contribution in [-0.2, 0) is 4.79 Å². The van der Waals surface area contributed by atoms with Gasteiger partial charge in [-0.2, -0.15) is 0 Å². The van der Waals surface area contributed by atoms with Crippen LogP contribution in [0.3, 0.4) is 0 Å². The van der Waals surface area contributed by atoms with Crippen LogP contribution in [0.2, 0.25) is 0 Å².